The van der Waals surface area contributed by atoms with Crippen LogP contribution in [0.4, 0.5) is 0 Å². The van der Waals surface area contributed by atoms with Crippen molar-refractivity contribution in [1.29, 1.82) is 0 Å². The number of hydrogen-bond donors (Lipinski definition) is 0. The molecular formula is C22H25N5O2. The number of fused-ring (bicyclic) bond motifs is 1. The Bertz CT molecular complexity index is 1180. The Morgan fingerprint density at radius 3 is 2.76 bits per heavy atom. The van der Waals surface area contributed by atoms with Crippen molar-refractivity contribution in [1.82, 2.24) is 24.0 Å². The molecule has 0 spiro atoms. The van der Waals surface area contributed by atoms with E-state index in [-0.39, 0.29) is 17.2 Å². The van der Waals surface area contributed by atoms with Crippen molar-refractivity contribution in [3.63, 3.8) is 0 Å². The van der Waals surface area contributed by atoms with Crippen LogP contribution in [0.25, 0.3) is 10.9 Å². The maximum Gasteiger partial charge on any atom is 0.273 e. The monoisotopic (exact) mass is 391 g/mol. The van der Waals surface area contributed by atoms with Gasteiger partial charge in [-0.3, -0.25) is 24.0 Å². The fourth-order valence-electron chi connectivity index (χ4n) is 4.33. The first-order valence-corrected chi connectivity index (χ1v) is 10.4. The molecule has 1 aliphatic carbocycles. The molecule has 0 N–H and O–H groups in total. The van der Waals surface area contributed by atoms with Crippen molar-refractivity contribution in [3.8, 4) is 0 Å². The molecule has 2 aliphatic rings. The molecule has 7 nitrogen and oxygen atoms in total. The molecule has 2 fully saturated rings. The summed E-state index contributed by atoms with van der Waals surface area (Å²) in [6.45, 7) is 2.09. The molecular weight excluding hydrogens is 366 g/mol. The van der Waals surface area contributed by atoms with Gasteiger partial charge in [0.2, 0.25) is 0 Å². The third-order valence-electron chi connectivity index (χ3n) is 6.13. The SMILES string of the molecule is Cn1ccnc(CN2CCCC2c2nc3ccccc3c(=O)n2CC2CC2)c1=O. The minimum absolute atomic E-state index is 0.0257. The molecule has 1 aliphatic heterocycles. The van der Waals surface area contributed by atoms with Crippen LogP contribution in [-0.4, -0.2) is 30.5 Å². The Morgan fingerprint density at radius 1 is 1.10 bits per heavy atom. The van der Waals surface area contributed by atoms with E-state index in [9.17, 15) is 9.59 Å². The molecule has 2 aromatic heterocycles. The van der Waals surface area contributed by atoms with Gasteiger partial charge < -0.3 is 4.57 Å². The molecule has 5 rings (SSSR count). The predicted octanol–water partition coefficient (Wildman–Crippen LogP) is 2.24. The Hall–Kier alpha value is -2.80. The average molecular weight is 391 g/mol. The lowest BCUT2D eigenvalue weighted by molar-refractivity contribution is 0.228. The van der Waals surface area contributed by atoms with Crippen LogP contribution in [0.2, 0.25) is 0 Å². The second-order valence-corrected chi connectivity index (χ2v) is 8.26. The van der Waals surface area contributed by atoms with E-state index in [1.165, 1.54) is 12.8 Å². The summed E-state index contributed by atoms with van der Waals surface area (Å²) in [5, 5.41) is 0.681. The van der Waals surface area contributed by atoms with Crippen LogP contribution < -0.4 is 11.1 Å². The third-order valence-corrected chi connectivity index (χ3v) is 6.13. The number of nitrogens with zero attached hydrogens (tertiary/aromatic N) is 5. The van der Waals surface area contributed by atoms with Crippen LogP contribution in [0.15, 0.2) is 46.2 Å². The minimum atomic E-state index is -0.0695. The molecule has 1 unspecified atom stereocenters. The van der Waals surface area contributed by atoms with E-state index >= 15 is 0 Å². The fraction of sp³-hybridized carbons (Fsp3) is 0.455. The van der Waals surface area contributed by atoms with Crippen LogP contribution in [0.3, 0.4) is 0 Å². The fourth-order valence-corrected chi connectivity index (χ4v) is 4.33. The smallest absolute Gasteiger partial charge is 0.273 e. The van der Waals surface area contributed by atoms with Gasteiger partial charge in [-0.25, -0.2) is 4.98 Å². The summed E-state index contributed by atoms with van der Waals surface area (Å²) in [7, 11) is 1.74. The maximum absolute atomic E-state index is 13.3. The van der Waals surface area contributed by atoms with Gasteiger partial charge in [0.25, 0.3) is 11.1 Å². The van der Waals surface area contributed by atoms with Gasteiger partial charge >= 0.3 is 0 Å². The molecule has 0 bridgehead atoms. The first-order valence-electron chi connectivity index (χ1n) is 10.4. The van der Waals surface area contributed by atoms with Crippen LogP contribution in [0, 0.1) is 5.92 Å². The average Bonchev–Trinajstić information content (AvgIpc) is 3.43. The summed E-state index contributed by atoms with van der Waals surface area (Å²) in [6, 6.07) is 7.62. The maximum atomic E-state index is 13.3. The van der Waals surface area contributed by atoms with Crippen LogP contribution in [0.5, 0.6) is 0 Å². The normalized spacial score (nSPS) is 19.8. The molecule has 3 aromatic rings. The van der Waals surface area contributed by atoms with Crippen LogP contribution >= 0.6 is 0 Å². The molecule has 150 valence electrons. The molecule has 29 heavy (non-hydrogen) atoms. The quantitative estimate of drug-likeness (QED) is 0.667. The molecule has 3 heterocycles. The number of aryl methyl sites for hydroxylation is 1. The zero-order valence-corrected chi connectivity index (χ0v) is 16.6. The van der Waals surface area contributed by atoms with Gasteiger partial charge in [0.15, 0.2) is 0 Å². The van der Waals surface area contributed by atoms with Crippen LogP contribution in [0.1, 0.15) is 43.2 Å². The third kappa shape index (κ3) is 3.40. The van der Waals surface area contributed by atoms with Crippen molar-refractivity contribution in [2.24, 2.45) is 13.0 Å². The van der Waals surface area contributed by atoms with Crippen LogP contribution in [-0.2, 0) is 20.1 Å². The summed E-state index contributed by atoms with van der Waals surface area (Å²) in [6.07, 6.45) is 7.64. The number of likely N-dealkylation sites (tertiary alicyclic amines) is 1. The topological polar surface area (TPSA) is 73.0 Å². The van der Waals surface area contributed by atoms with Gasteiger partial charge in [-0.15, -0.1) is 0 Å². The van der Waals surface area contributed by atoms with Crippen molar-refractivity contribution in [2.45, 2.75) is 44.8 Å². The number of aromatic nitrogens is 4. The second-order valence-electron chi connectivity index (χ2n) is 8.26. The Kier molecular flexibility index (Phi) is 4.54. The number of benzene rings is 1. The molecule has 1 atom stereocenters. The predicted molar refractivity (Wildman–Crippen MR) is 111 cm³/mol. The molecule has 0 radical (unpaired) electrons. The zero-order valence-electron chi connectivity index (χ0n) is 16.6. The lowest BCUT2D eigenvalue weighted by Gasteiger charge is -2.26. The highest BCUT2D eigenvalue weighted by Gasteiger charge is 2.33. The summed E-state index contributed by atoms with van der Waals surface area (Å²) in [4.78, 5) is 37.2. The van der Waals surface area contributed by atoms with E-state index in [1.54, 1.807) is 24.0 Å². The lowest BCUT2D eigenvalue weighted by Crippen LogP contribution is -2.34. The van der Waals surface area contributed by atoms with Crippen molar-refractivity contribution in [2.75, 3.05) is 6.54 Å². The highest BCUT2D eigenvalue weighted by molar-refractivity contribution is 5.77. The van der Waals surface area contributed by atoms with Crippen molar-refractivity contribution < 1.29 is 0 Å². The molecule has 7 heteroatoms. The number of hydrogen-bond acceptors (Lipinski definition) is 5. The molecule has 0 amide bonds. The first-order chi connectivity index (χ1) is 14.1. The lowest BCUT2D eigenvalue weighted by atomic mass is 10.1. The zero-order chi connectivity index (χ0) is 20.0. The Morgan fingerprint density at radius 2 is 1.93 bits per heavy atom. The standard InChI is InChI=1S/C22H25N5O2/c1-25-12-10-23-18(22(25)29)14-26-11-4-7-19(26)20-24-17-6-3-2-5-16(17)21(28)27(20)13-15-8-9-15/h2-3,5-6,10,12,15,19H,4,7-9,11,13-14H2,1H3. The summed E-state index contributed by atoms with van der Waals surface area (Å²) >= 11 is 0. The van der Waals surface area contributed by atoms with Gasteiger partial charge in [0.05, 0.1) is 16.9 Å². The van der Waals surface area contributed by atoms with E-state index in [0.717, 1.165) is 37.3 Å². The highest BCUT2D eigenvalue weighted by Crippen LogP contribution is 2.35. The summed E-state index contributed by atoms with van der Waals surface area (Å²) in [5.74, 6) is 1.42. The van der Waals surface area contributed by atoms with E-state index < -0.39 is 0 Å². The Labute approximate surface area is 168 Å². The number of rotatable bonds is 5. The van der Waals surface area contributed by atoms with E-state index in [4.69, 9.17) is 4.98 Å². The van der Waals surface area contributed by atoms with E-state index in [0.29, 0.717) is 23.5 Å². The summed E-state index contributed by atoms with van der Waals surface area (Å²) in [5.41, 5.74) is 1.28. The van der Waals surface area contributed by atoms with Crippen molar-refractivity contribution in [3.05, 3.63) is 68.9 Å². The first kappa shape index (κ1) is 18.2. The molecule has 1 saturated heterocycles. The second kappa shape index (κ2) is 7.22. The van der Waals surface area contributed by atoms with Gasteiger partial charge in [-0.1, -0.05) is 12.1 Å². The minimum Gasteiger partial charge on any atom is -0.315 e. The van der Waals surface area contributed by atoms with Gasteiger partial charge in [0, 0.05) is 32.5 Å². The Balaban J connectivity index is 1.57. The van der Waals surface area contributed by atoms with E-state index in [1.807, 2.05) is 28.8 Å². The molecule has 1 saturated carbocycles. The van der Waals surface area contributed by atoms with Gasteiger partial charge in [-0.2, -0.15) is 0 Å². The summed E-state index contributed by atoms with van der Waals surface area (Å²) < 4.78 is 3.46. The largest absolute Gasteiger partial charge is 0.315 e. The van der Waals surface area contributed by atoms with Gasteiger partial charge in [-0.05, 0) is 50.3 Å². The number of para-hydroxylation sites is 1. The van der Waals surface area contributed by atoms with E-state index in [2.05, 4.69) is 9.88 Å². The van der Waals surface area contributed by atoms with Crippen molar-refractivity contribution >= 4 is 10.9 Å². The van der Waals surface area contributed by atoms with Gasteiger partial charge in [0.1, 0.15) is 11.5 Å². The molecule has 1 aromatic carbocycles. The highest BCUT2D eigenvalue weighted by atomic mass is 16.1.